The van der Waals surface area contributed by atoms with Gasteiger partial charge in [0.05, 0.1) is 4.92 Å². The highest BCUT2D eigenvalue weighted by molar-refractivity contribution is 9.10. The van der Waals surface area contributed by atoms with Gasteiger partial charge in [0.2, 0.25) is 5.90 Å². The van der Waals surface area contributed by atoms with Crippen LogP contribution in [-0.4, -0.2) is 16.8 Å². The molecule has 8 heteroatoms. The van der Waals surface area contributed by atoms with Gasteiger partial charge in [-0.05, 0) is 29.8 Å². The van der Waals surface area contributed by atoms with Gasteiger partial charge in [0.1, 0.15) is 0 Å². The number of hydrogen-bond donors (Lipinski definition) is 0. The lowest BCUT2D eigenvalue weighted by Gasteiger charge is -2.00. The van der Waals surface area contributed by atoms with E-state index in [-0.39, 0.29) is 27.9 Å². The SMILES string of the molecule is O=C1OC(c2cc(Cl)cc([N+](=O)[O-])c2)=N/C1=C/c1ccc(Br)cc1. The molecule has 3 rings (SSSR count). The minimum absolute atomic E-state index is 0.0195. The predicted octanol–water partition coefficient (Wildman–Crippen LogP) is 4.36. The molecule has 2 aromatic rings. The molecule has 0 radical (unpaired) electrons. The number of nitrogens with zero attached hydrogens (tertiary/aromatic N) is 2. The van der Waals surface area contributed by atoms with Crippen molar-refractivity contribution in [1.82, 2.24) is 0 Å². The van der Waals surface area contributed by atoms with Gasteiger partial charge in [0, 0.05) is 27.2 Å². The standard InChI is InChI=1S/C16H8BrClN2O4/c17-11-3-1-9(2-4-11)5-14-16(21)24-15(19-14)10-6-12(18)8-13(7-10)20(22)23/h1-8H/b14-5+. The number of carbonyl (C=O) groups is 1. The molecule has 0 saturated heterocycles. The Balaban J connectivity index is 1.97. The second-order valence-electron chi connectivity index (χ2n) is 4.84. The van der Waals surface area contributed by atoms with Crippen molar-refractivity contribution in [2.24, 2.45) is 4.99 Å². The minimum Gasteiger partial charge on any atom is -0.402 e. The maximum Gasteiger partial charge on any atom is 0.363 e. The molecule has 6 nitrogen and oxygen atoms in total. The van der Waals surface area contributed by atoms with Gasteiger partial charge in [-0.15, -0.1) is 0 Å². The Hall–Kier alpha value is -2.51. The Morgan fingerprint density at radius 1 is 1.21 bits per heavy atom. The molecule has 0 bridgehead atoms. The second kappa shape index (κ2) is 6.54. The fraction of sp³-hybridized carbons (Fsp3) is 0. The van der Waals surface area contributed by atoms with Gasteiger partial charge in [-0.3, -0.25) is 10.1 Å². The molecule has 0 aliphatic carbocycles. The van der Waals surface area contributed by atoms with E-state index in [9.17, 15) is 14.9 Å². The Bertz CT molecular complexity index is 907. The minimum atomic E-state index is -0.629. The maximum absolute atomic E-state index is 12.0. The molecule has 1 aliphatic rings. The van der Waals surface area contributed by atoms with Crippen molar-refractivity contribution < 1.29 is 14.5 Å². The first-order valence-corrected chi connectivity index (χ1v) is 7.83. The topological polar surface area (TPSA) is 81.8 Å². The van der Waals surface area contributed by atoms with Crippen LogP contribution in [0.3, 0.4) is 0 Å². The molecule has 0 atom stereocenters. The van der Waals surface area contributed by atoms with Crippen molar-refractivity contribution >= 4 is 51.2 Å². The number of non-ortho nitro benzene ring substituents is 1. The summed E-state index contributed by atoms with van der Waals surface area (Å²) in [7, 11) is 0. The number of benzene rings is 2. The van der Waals surface area contributed by atoms with Crippen LogP contribution in [0.2, 0.25) is 5.02 Å². The van der Waals surface area contributed by atoms with E-state index in [4.69, 9.17) is 16.3 Å². The molecule has 0 spiro atoms. The first-order chi connectivity index (χ1) is 11.4. The number of nitro groups is 1. The fourth-order valence-electron chi connectivity index (χ4n) is 2.05. The maximum atomic E-state index is 12.0. The molecule has 24 heavy (non-hydrogen) atoms. The summed E-state index contributed by atoms with van der Waals surface area (Å²) in [5.74, 6) is -0.649. The quantitative estimate of drug-likeness (QED) is 0.328. The monoisotopic (exact) mass is 406 g/mol. The zero-order valence-corrected chi connectivity index (χ0v) is 14.2. The molecule has 120 valence electrons. The Labute approximate surface area is 149 Å². The predicted molar refractivity (Wildman–Crippen MR) is 92.9 cm³/mol. The summed E-state index contributed by atoms with van der Waals surface area (Å²) in [6, 6.07) is 11.2. The third-order valence-electron chi connectivity index (χ3n) is 3.13. The van der Waals surface area contributed by atoms with E-state index in [0.717, 1.165) is 10.0 Å². The third-order valence-corrected chi connectivity index (χ3v) is 3.88. The lowest BCUT2D eigenvalue weighted by molar-refractivity contribution is -0.384. The van der Waals surface area contributed by atoms with Crippen molar-refractivity contribution in [1.29, 1.82) is 0 Å². The van der Waals surface area contributed by atoms with E-state index in [1.165, 1.54) is 18.2 Å². The smallest absolute Gasteiger partial charge is 0.363 e. The van der Waals surface area contributed by atoms with Gasteiger partial charge in [-0.1, -0.05) is 39.7 Å². The zero-order chi connectivity index (χ0) is 17.3. The molecule has 0 unspecified atom stereocenters. The molecular formula is C16H8BrClN2O4. The summed E-state index contributed by atoms with van der Waals surface area (Å²) in [5.41, 5.74) is 0.936. The van der Waals surface area contributed by atoms with Crippen LogP contribution < -0.4 is 0 Å². The van der Waals surface area contributed by atoms with E-state index >= 15 is 0 Å². The van der Waals surface area contributed by atoms with Crippen LogP contribution >= 0.6 is 27.5 Å². The third kappa shape index (κ3) is 3.52. The molecule has 1 heterocycles. The number of cyclic esters (lactones) is 1. The van der Waals surface area contributed by atoms with E-state index in [1.54, 1.807) is 6.08 Å². The highest BCUT2D eigenvalue weighted by atomic mass is 79.9. The van der Waals surface area contributed by atoms with Crippen LogP contribution in [0.25, 0.3) is 6.08 Å². The lowest BCUT2D eigenvalue weighted by atomic mass is 10.2. The van der Waals surface area contributed by atoms with Crippen molar-refractivity contribution in [3.63, 3.8) is 0 Å². The van der Waals surface area contributed by atoms with Crippen LogP contribution in [0, 0.1) is 10.1 Å². The molecule has 0 amide bonds. The van der Waals surface area contributed by atoms with E-state index in [2.05, 4.69) is 20.9 Å². The summed E-state index contributed by atoms with van der Waals surface area (Å²) in [5, 5.41) is 11.1. The van der Waals surface area contributed by atoms with Crippen LogP contribution in [0.5, 0.6) is 0 Å². The van der Waals surface area contributed by atoms with Gasteiger partial charge < -0.3 is 4.74 Å². The molecular weight excluding hydrogens is 400 g/mol. The summed E-state index contributed by atoms with van der Waals surface area (Å²) in [6.07, 6.45) is 1.57. The summed E-state index contributed by atoms with van der Waals surface area (Å²) in [4.78, 5) is 26.4. The number of ether oxygens (including phenoxy) is 1. The van der Waals surface area contributed by atoms with Gasteiger partial charge in [0.15, 0.2) is 5.70 Å². The number of aliphatic imine (C=N–C) groups is 1. The normalized spacial score (nSPS) is 15.3. The van der Waals surface area contributed by atoms with Crippen molar-refractivity contribution in [2.45, 2.75) is 0 Å². The van der Waals surface area contributed by atoms with Crippen molar-refractivity contribution in [3.05, 3.63) is 78.9 Å². The van der Waals surface area contributed by atoms with Crippen molar-refractivity contribution in [2.75, 3.05) is 0 Å². The molecule has 0 N–H and O–H groups in total. The van der Waals surface area contributed by atoms with Gasteiger partial charge in [-0.25, -0.2) is 9.79 Å². The van der Waals surface area contributed by atoms with Gasteiger partial charge in [0.25, 0.3) is 5.69 Å². The number of carbonyl (C=O) groups excluding carboxylic acids is 1. The highest BCUT2D eigenvalue weighted by Gasteiger charge is 2.25. The Morgan fingerprint density at radius 3 is 2.58 bits per heavy atom. The molecule has 0 aromatic heterocycles. The Morgan fingerprint density at radius 2 is 1.92 bits per heavy atom. The molecule has 2 aromatic carbocycles. The largest absolute Gasteiger partial charge is 0.402 e. The van der Waals surface area contributed by atoms with E-state index in [1.807, 2.05) is 24.3 Å². The summed E-state index contributed by atoms with van der Waals surface area (Å²) in [6.45, 7) is 0. The average molecular weight is 408 g/mol. The molecule has 0 fully saturated rings. The number of rotatable bonds is 3. The van der Waals surface area contributed by atoms with Gasteiger partial charge in [-0.2, -0.15) is 0 Å². The lowest BCUT2D eigenvalue weighted by Crippen LogP contribution is -2.06. The highest BCUT2D eigenvalue weighted by Crippen LogP contribution is 2.25. The summed E-state index contributed by atoms with van der Waals surface area (Å²) < 4.78 is 6.01. The number of hydrogen-bond acceptors (Lipinski definition) is 5. The summed E-state index contributed by atoms with van der Waals surface area (Å²) >= 11 is 9.20. The van der Waals surface area contributed by atoms with Crippen LogP contribution in [-0.2, 0) is 9.53 Å². The first-order valence-electron chi connectivity index (χ1n) is 6.66. The zero-order valence-electron chi connectivity index (χ0n) is 11.9. The Kier molecular flexibility index (Phi) is 4.46. The van der Waals surface area contributed by atoms with Crippen LogP contribution in [0.1, 0.15) is 11.1 Å². The van der Waals surface area contributed by atoms with Crippen molar-refractivity contribution in [3.8, 4) is 0 Å². The number of halogens is 2. The number of nitro benzene ring substituents is 1. The fourth-order valence-corrected chi connectivity index (χ4v) is 2.55. The van der Waals surface area contributed by atoms with E-state index < -0.39 is 10.9 Å². The first kappa shape index (κ1) is 16.4. The average Bonchev–Trinajstić information content (AvgIpc) is 2.90. The second-order valence-corrected chi connectivity index (χ2v) is 6.19. The molecule has 1 aliphatic heterocycles. The molecule has 0 saturated carbocycles. The van der Waals surface area contributed by atoms with Crippen LogP contribution in [0.15, 0.2) is 57.6 Å². The van der Waals surface area contributed by atoms with E-state index in [0.29, 0.717) is 0 Å². The number of esters is 1. The van der Waals surface area contributed by atoms with Gasteiger partial charge >= 0.3 is 5.97 Å². The van der Waals surface area contributed by atoms with Crippen LogP contribution in [0.4, 0.5) is 5.69 Å².